The molecule has 2 unspecified atom stereocenters. The molecule has 0 aliphatic carbocycles. The molecule has 2 heterocycles. The van der Waals surface area contributed by atoms with Gasteiger partial charge in [-0.3, -0.25) is 14.7 Å². The number of hydrogen-bond donors (Lipinski definition) is 2. The minimum absolute atomic E-state index is 0.179. The fourth-order valence-electron chi connectivity index (χ4n) is 3.25. The van der Waals surface area contributed by atoms with E-state index >= 15 is 0 Å². The van der Waals surface area contributed by atoms with Crippen LogP contribution in [0.2, 0.25) is 0 Å². The van der Waals surface area contributed by atoms with Crippen LogP contribution in [-0.2, 0) is 4.84 Å². The van der Waals surface area contributed by atoms with Crippen molar-refractivity contribution in [2.45, 2.75) is 26.4 Å². The van der Waals surface area contributed by atoms with Crippen LogP contribution in [0, 0.1) is 24.7 Å². The Balaban J connectivity index is 1.77. The van der Waals surface area contributed by atoms with Crippen LogP contribution < -0.4 is 11.1 Å². The lowest BCUT2D eigenvalue weighted by Gasteiger charge is -2.32. The van der Waals surface area contributed by atoms with Crippen molar-refractivity contribution < 1.29 is 9.63 Å². The molecule has 0 radical (unpaired) electrons. The van der Waals surface area contributed by atoms with Gasteiger partial charge in [-0.2, -0.15) is 0 Å². The molecule has 2 aliphatic heterocycles. The molecule has 0 saturated carbocycles. The number of nitrogens with two attached hydrogens (primary N) is 1. The number of rotatable bonds is 4. The third kappa shape index (κ3) is 4.87. The number of nitrogens with zero attached hydrogens (tertiary/aromatic N) is 4. The summed E-state index contributed by atoms with van der Waals surface area (Å²) in [6.07, 6.45) is 2.15. The first-order valence-electron chi connectivity index (χ1n) is 9.98. The van der Waals surface area contributed by atoms with Crippen molar-refractivity contribution >= 4 is 23.9 Å². The average molecular weight is 409 g/mol. The van der Waals surface area contributed by atoms with E-state index in [1.165, 1.54) is 11.4 Å². The Labute approximate surface area is 177 Å². The lowest BCUT2D eigenvalue weighted by atomic mass is 9.94. The summed E-state index contributed by atoms with van der Waals surface area (Å²) in [5.41, 5.74) is 9.24. The number of hydroxylamine groups is 2. The normalized spacial score (nSPS) is 20.5. The highest BCUT2D eigenvalue weighted by atomic mass is 16.7. The Kier molecular flexibility index (Phi) is 6.87. The smallest absolute Gasteiger partial charge is 0.345 e. The first kappa shape index (κ1) is 21.6. The summed E-state index contributed by atoms with van der Waals surface area (Å²) in [5.74, 6) is 6.48. The topological polar surface area (TPSA) is 95.5 Å². The summed E-state index contributed by atoms with van der Waals surface area (Å²) in [6, 6.07) is 5.32. The molecule has 8 nitrogen and oxygen atoms in total. The average Bonchev–Trinajstić information content (AvgIpc) is 3.28. The largest absolute Gasteiger partial charge is 0.386 e. The zero-order valence-corrected chi connectivity index (χ0v) is 17.7. The number of amides is 2. The monoisotopic (exact) mass is 408 g/mol. The Morgan fingerprint density at radius 1 is 1.50 bits per heavy atom. The van der Waals surface area contributed by atoms with Crippen LogP contribution >= 0.6 is 0 Å². The maximum Gasteiger partial charge on any atom is 0.345 e. The minimum atomic E-state index is -0.283. The molecule has 2 aliphatic rings. The van der Waals surface area contributed by atoms with Crippen LogP contribution in [0.1, 0.15) is 24.5 Å². The summed E-state index contributed by atoms with van der Waals surface area (Å²) in [5, 5.41) is 4.18. The quantitative estimate of drug-likeness (QED) is 0.748. The Hall–Kier alpha value is -3.15. The van der Waals surface area contributed by atoms with Gasteiger partial charge in [0.05, 0.1) is 19.1 Å². The number of anilines is 1. The lowest BCUT2D eigenvalue weighted by Crippen LogP contribution is -2.45. The van der Waals surface area contributed by atoms with Crippen molar-refractivity contribution in [1.29, 1.82) is 0 Å². The lowest BCUT2D eigenvalue weighted by molar-refractivity contribution is -0.0614. The molecule has 0 spiro atoms. The van der Waals surface area contributed by atoms with Crippen LogP contribution in [-0.4, -0.2) is 61.1 Å². The van der Waals surface area contributed by atoms with Gasteiger partial charge in [-0.1, -0.05) is 31.4 Å². The van der Waals surface area contributed by atoms with E-state index in [-0.39, 0.29) is 18.1 Å². The molecule has 8 heteroatoms. The fourth-order valence-corrected chi connectivity index (χ4v) is 3.25. The van der Waals surface area contributed by atoms with Gasteiger partial charge >= 0.3 is 6.03 Å². The standard InChI is InChI=1S/C22H28N6O2/c1-5-27(4)21-19(20(23)24-14-25-21)16(3)7-9-17-13-18(10-8-15(17)2)26-22(29)28-11-6-12-30-28/h8,10,13-14,19,21H,3,5-6,11-12H2,1-2,4H3,(H,26,29)(H2,23,24,25). The summed E-state index contributed by atoms with van der Waals surface area (Å²) < 4.78 is 0. The second-order valence-electron chi connectivity index (χ2n) is 7.31. The highest BCUT2D eigenvalue weighted by Gasteiger charge is 2.31. The Bertz CT molecular complexity index is 937. The molecule has 1 aromatic rings. The summed E-state index contributed by atoms with van der Waals surface area (Å²) >= 11 is 0. The molecule has 1 fully saturated rings. The van der Waals surface area contributed by atoms with Gasteiger partial charge in [-0.15, -0.1) is 0 Å². The number of aliphatic imine (C=N–C) groups is 2. The van der Waals surface area contributed by atoms with E-state index < -0.39 is 0 Å². The van der Waals surface area contributed by atoms with E-state index in [9.17, 15) is 4.79 Å². The van der Waals surface area contributed by atoms with E-state index in [4.69, 9.17) is 10.6 Å². The molecular weight excluding hydrogens is 380 g/mol. The highest BCUT2D eigenvalue weighted by Crippen LogP contribution is 2.22. The van der Waals surface area contributed by atoms with Crippen LogP contribution in [0.15, 0.2) is 40.3 Å². The van der Waals surface area contributed by atoms with E-state index in [0.29, 0.717) is 30.2 Å². The molecule has 0 bridgehead atoms. The molecular formula is C22H28N6O2. The van der Waals surface area contributed by atoms with E-state index in [0.717, 1.165) is 24.1 Å². The van der Waals surface area contributed by atoms with Gasteiger partial charge in [0.15, 0.2) is 0 Å². The van der Waals surface area contributed by atoms with Crippen LogP contribution in [0.3, 0.4) is 0 Å². The van der Waals surface area contributed by atoms with Crippen molar-refractivity contribution in [3.8, 4) is 11.8 Å². The summed E-state index contributed by atoms with van der Waals surface area (Å²) in [6.45, 7) is 10.1. The van der Waals surface area contributed by atoms with Crippen molar-refractivity contribution in [3.05, 3.63) is 41.5 Å². The molecule has 158 valence electrons. The summed E-state index contributed by atoms with van der Waals surface area (Å²) in [7, 11) is 1.98. The van der Waals surface area contributed by atoms with Crippen molar-refractivity contribution in [2.24, 2.45) is 21.6 Å². The third-order valence-electron chi connectivity index (χ3n) is 5.19. The van der Waals surface area contributed by atoms with Gasteiger partial charge in [0.2, 0.25) is 0 Å². The molecule has 3 rings (SSSR count). The molecule has 1 aromatic carbocycles. The van der Waals surface area contributed by atoms with Gasteiger partial charge in [-0.25, -0.2) is 14.9 Å². The number of urea groups is 1. The number of benzene rings is 1. The molecule has 3 N–H and O–H groups in total. The zero-order valence-electron chi connectivity index (χ0n) is 17.7. The highest BCUT2D eigenvalue weighted by molar-refractivity contribution is 5.94. The Morgan fingerprint density at radius 3 is 3.00 bits per heavy atom. The molecule has 0 aromatic heterocycles. The maximum atomic E-state index is 12.2. The molecule has 1 saturated heterocycles. The predicted molar refractivity (Wildman–Crippen MR) is 119 cm³/mol. The number of nitrogens with one attached hydrogen (secondary N) is 1. The van der Waals surface area contributed by atoms with E-state index in [1.807, 2.05) is 32.2 Å². The van der Waals surface area contributed by atoms with Crippen LogP contribution in [0.25, 0.3) is 0 Å². The Morgan fingerprint density at radius 2 is 2.30 bits per heavy atom. The van der Waals surface area contributed by atoms with Gasteiger partial charge in [0.25, 0.3) is 0 Å². The zero-order chi connectivity index (χ0) is 21.7. The predicted octanol–water partition coefficient (Wildman–Crippen LogP) is 2.37. The number of amidine groups is 1. The SMILES string of the molecule is C=C(C#Cc1cc(NC(=O)N2CCCO2)ccc1C)C1C(N)=NC=NC1N(C)CC. The van der Waals surface area contributed by atoms with Crippen LogP contribution in [0.4, 0.5) is 10.5 Å². The van der Waals surface area contributed by atoms with Crippen LogP contribution in [0.5, 0.6) is 0 Å². The minimum Gasteiger partial charge on any atom is -0.386 e. The number of aryl methyl sites for hydroxylation is 1. The fraction of sp³-hybridized carbons (Fsp3) is 0.409. The molecule has 30 heavy (non-hydrogen) atoms. The third-order valence-corrected chi connectivity index (χ3v) is 5.19. The first-order valence-corrected chi connectivity index (χ1v) is 9.98. The van der Waals surface area contributed by atoms with Crippen molar-refractivity contribution in [2.75, 3.05) is 32.1 Å². The van der Waals surface area contributed by atoms with E-state index in [2.05, 4.69) is 45.5 Å². The van der Waals surface area contributed by atoms with Gasteiger partial charge in [0.1, 0.15) is 18.3 Å². The number of carbonyl (C=O) groups excluding carboxylic acids is 1. The first-order chi connectivity index (χ1) is 14.4. The second kappa shape index (κ2) is 9.57. The summed E-state index contributed by atoms with van der Waals surface area (Å²) in [4.78, 5) is 28.2. The van der Waals surface area contributed by atoms with Gasteiger partial charge in [-0.05, 0) is 44.6 Å². The number of hydrogen-bond acceptors (Lipinski definition) is 6. The molecule has 2 amide bonds. The van der Waals surface area contributed by atoms with E-state index in [1.54, 1.807) is 0 Å². The van der Waals surface area contributed by atoms with Crippen molar-refractivity contribution in [3.63, 3.8) is 0 Å². The molecule has 2 atom stereocenters. The second-order valence-corrected chi connectivity index (χ2v) is 7.31. The van der Waals surface area contributed by atoms with Crippen molar-refractivity contribution in [1.82, 2.24) is 9.96 Å². The van der Waals surface area contributed by atoms with Gasteiger partial charge < -0.3 is 11.1 Å². The maximum absolute atomic E-state index is 12.2. The number of carbonyl (C=O) groups is 1. The van der Waals surface area contributed by atoms with Gasteiger partial charge in [0, 0.05) is 16.8 Å².